The van der Waals surface area contributed by atoms with Crippen molar-refractivity contribution in [1.29, 1.82) is 0 Å². The van der Waals surface area contributed by atoms with Crippen LogP contribution in [0, 0.1) is 0 Å². The number of benzene rings is 1. The molecule has 0 radical (unpaired) electrons. The zero-order valence-corrected chi connectivity index (χ0v) is 7.57. The second-order valence-electron chi connectivity index (χ2n) is 2.44. The maximum Gasteiger partial charge on any atom is 0.0607 e. The average Bonchev–Trinajstić information content (AvgIpc) is 2.05. The second kappa shape index (κ2) is 4.04. The molecule has 3 nitrogen and oxygen atoms in total. The molecular formula is C8H9N3S. The van der Waals surface area contributed by atoms with E-state index in [1.54, 1.807) is 0 Å². The van der Waals surface area contributed by atoms with Gasteiger partial charge < -0.3 is 0 Å². The minimum Gasteiger partial charge on any atom is -0.143 e. The van der Waals surface area contributed by atoms with E-state index in [9.17, 15) is 0 Å². The molecule has 0 bridgehead atoms. The van der Waals surface area contributed by atoms with Gasteiger partial charge in [0, 0.05) is 9.81 Å². The van der Waals surface area contributed by atoms with Crippen LogP contribution in [-0.4, -0.2) is 0 Å². The molecule has 0 amide bonds. The van der Waals surface area contributed by atoms with E-state index >= 15 is 0 Å². The highest BCUT2D eigenvalue weighted by Crippen LogP contribution is 2.23. The van der Waals surface area contributed by atoms with Crippen molar-refractivity contribution >= 4 is 12.6 Å². The van der Waals surface area contributed by atoms with Crippen molar-refractivity contribution in [3.05, 3.63) is 40.3 Å². The van der Waals surface area contributed by atoms with E-state index in [0.29, 0.717) is 0 Å². The van der Waals surface area contributed by atoms with Crippen molar-refractivity contribution in [1.82, 2.24) is 0 Å². The van der Waals surface area contributed by atoms with Crippen molar-refractivity contribution in [2.45, 2.75) is 17.9 Å². The summed E-state index contributed by atoms with van der Waals surface area (Å²) in [7, 11) is 0. The Morgan fingerprint density at radius 3 is 2.75 bits per heavy atom. The molecule has 0 heterocycles. The summed E-state index contributed by atoms with van der Waals surface area (Å²) in [6, 6.07) is 7.43. The van der Waals surface area contributed by atoms with Crippen molar-refractivity contribution in [3.8, 4) is 0 Å². The molecule has 0 N–H and O–H groups in total. The van der Waals surface area contributed by atoms with Crippen LogP contribution in [0.4, 0.5) is 0 Å². The fourth-order valence-corrected chi connectivity index (χ4v) is 1.33. The predicted octanol–water partition coefficient (Wildman–Crippen LogP) is 3.35. The topological polar surface area (TPSA) is 48.8 Å². The van der Waals surface area contributed by atoms with E-state index in [0.717, 1.165) is 10.5 Å². The first-order valence-electron chi connectivity index (χ1n) is 3.58. The van der Waals surface area contributed by atoms with Crippen LogP contribution in [-0.2, 0) is 0 Å². The molecule has 62 valence electrons. The Kier molecular flexibility index (Phi) is 3.02. The molecule has 1 atom stereocenters. The first kappa shape index (κ1) is 8.97. The minimum atomic E-state index is -0.149. The van der Waals surface area contributed by atoms with Crippen LogP contribution < -0.4 is 0 Å². The van der Waals surface area contributed by atoms with Crippen molar-refractivity contribution in [3.63, 3.8) is 0 Å². The van der Waals surface area contributed by atoms with Crippen LogP contribution in [0.2, 0.25) is 0 Å². The van der Waals surface area contributed by atoms with Gasteiger partial charge in [-0.05, 0) is 17.2 Å². The summed E-state index contributed by atoms with van der Waals surface area (Å²) in [6.45, 7) is 1.84. The highest BCUT2D eigenvalue weighted by molar-refractivity contribution is 7.80. The Hall–Kier alpha value is -1.12. The number of hydrogen-bond acceptors (Lipinski definition) is 2. The van der Waals surface area contributed by atoms with Gasteiger partial charge in [0.05, 0.1) is 6.04 Å². The van der Waals surface area contributed by atoms with Crippen molar-refractivity contribution in [2.24, 2.45) is 5.11 Å². The molecule has 1 aromatic carbocycles. The van der Waals surface area contributed by atoms with Crippen molar-refractivity contribution in [2.75, 3.05) is 0 Å². The molecule has 1 aromatic rings. The number of hydrogen-bond donors (Lipinski definition) is 1. The van der Waals surface area contributed by atoms with Gasteiger partial charge in [0.1, 0.15) is 0 Å². The summed E-state index contributed by atoms with van der Waals surface area (Å²) >= 11 is 4.25. The van der Waals surface area contributed by atoms with E-state index in [1.165, 1.54) is 0 Å². The van der Waals surface area contributed by atoms with Crippen LogP contribution >= 0.6 is 12.6 Å². The summed E-state index contributed by atoms with van der Waals surface area (Å²) in [4.78, 5) is 3.60. The highest BCUT2D eigenvalue weighted by Gasteiger charge is 2.04. The third-order valence-electron chi connectivity index (χ3n) is 1.61. The standard InChI is InChI=1S/C8H9N3S/c1-6(10-11-9)7-4-2-3-5-8(7)12/h2-6,12H,1H3. The van der Waals surface area contributed by atoms with Gasteiger partial charge in [0.25, 0.3) is 0 Å². The highest BCUT2D eigenvalue weighted by atomic mass is 32.1. The molecule has 0 aliphatic rings. The van der Waals surface area contributed by atoms with Gasteiger partial charge >= 0.3 is 0 Å². The third kappa shape index (κ3) is 1.94. The fraction of sp³-hybridized carbons (Fsp3) is 0.250. The first-order valence-corrected chi connectivity index (χ1v) is 4.02. The lowest BCUT2D eigenvalue weighted by molar-refractivity contribution is 0.789. The van der Waals surface area contributed by atoms with Gasteiger partial charge in [-0.25, -0.2) is 0 Å². The van der Waals surface area contributed by atoms with Gasteiger partial charge in [0.2, 0.25) is 0 Å². The Morgan fingerprint density at radius 2 is 2.17 bits per heavy atom. The molecule has 0 saturated carbocycles. The molecule has 4 heteroatoms. The van der Waals surface area contributed by atoms with E-state index in [1.807, 2.05) is 31.2 Å². The smallest absolute Gasteiger partial charge is 0.0607 e. The molecule has 1 rings (SSSR count). The third-order valence-corrected chi connectivity index (χ3v) is 2.02. The zero-order chi connectivity index (χ0) is 8.97. The fourth-order valence-electron chi connectivity index (χ4n) is 0.980. The predicted molar refractivity (Wildman–Crippen MR) is 51.3 cm³/mol. The lowest BCUT2D eigenvalue weighted by Gasteiger charge is -2.06. The summed E-state index contributed by atoms with van der Waals surface area (Å²) in [5.41, 5.74) is 9.18. The molecule has 0 spiro atoms. The number of nitrogens with zero attached hydrogens (tertiary/aromatic N) is 3. The molecule has 0 aromatic heterocycles. The minimum absolute atomic E-state index is 0.149. The summed E-state index contributed by atoms with van der Waals surface area (Å²) in [5.74, 6) is 0. The lowest BCUT2D eigenvalue weighted by atomic mass is 10.1. The van der Waals surface area contributed by atoms with Crippen LogP contribution in [0.3, 0.4) is 0 Å². The molecule has 12 heavy (non-hydrogen) atoms. The van der Waals surface area contributed by atoms with Gasteiger partial charge in [-0.1, -0.05) is 30.2 Å². The zero-order valence-electron chi connectivity index (χ0n) is 6.68. The number of thiol groups is 1. The largest absolute Gasteiger partial charge is 0.143 e. The second-order valence-corrected chi connectivity index (χ2v) is 2.92. The lowest BCUT2D eigenvalue weighted by Crippen LogP contribution is -1.88. The summed E-state index contributed by atoms with van der Waals surface area (Å²) in [5, 5.41) is 3.59. The number of rotatable bonds is 2. The maximum absolute atomic E-state index is 8.22. The van der Waals surface area contributed by atoms with E-state index < -0.39 is 0 Å². The van der Waals surface area contributed by atoms with Gasteiger partial charge in [0.15, 0.2) is 0 Å². The van der Waals surface area contributed by atoms with Gasteiger partial charge in [-0.2, -0.15) is 0 Å². The molecule has 0 fully saturated rings. The SMILES string of the molecule is CC(N=[N+]=[N-])c1ccccc1S. The summed E-state index contributed by atoms with van der Waals surface area (Å²) < 4.78 is 0. The van der Waals surface area contributed by atoms with Crippen LogP contribution in [0.15, 0.2) is 34.3 Å². The van der Waals surface area contributed by atoms with Crippen LogP contribution in [0.5, 0.6) is 0 Å². The van der Waals surface area contributed by atoms with E-state index in [-0.39, 0.29) is 6.04 Å². The quantitative estimate of drug-likeness (QED) is 0.313. The van der Waals surface area contributed by atoms with Crippen LogP contribution in [0.1, 0.15) is 18.5 Å². The number of azide groups is 1. The summed E-state index contributed by atoms with van der Waals surface area (Å²) in [6.07, 6.45) is 0. The molecular weight excluding hydrogens is 170 g/mol. The van der Waals surface area contributed by atoms with Crippen molar-refractivity contribution < 1.29 is 0 Å². The maximum atomic E-state index is 8.22. The molecule has 0 aliphatic carbocycles. The van der Waals surface area contributed by atoms with E-state index in [2.05, 4.69) is 22.7 Å². The van der Waals surface area contributed by atoms with Gasteiger partial charge in [-0.3, -0.25) is 0 Å². The first-order chi connectivity index (χ1) is 5.75. The van der Waals surface area contributed by atoms with Gasteiger partial charge in [-0.15, -0.1) is 12.6 Å². The van der Waals surface area contributed by atoms with E-state index in [4.69, 9.17) is 5.53 Å². The Bertz CT molecular complexity index is 318. The normalized spacial score (nSPS) is 11.8. The average molecular weight is 179 g/mol. The Morgan fingerprint density at radius 1 is 1.50 bits per heavy atom. The molecule has 1 unspecified atom stereocenters. The molecule has 0 aliphatic heterocycles. The monoisotopic (exact) mass is 179 g/mol. The Balaban J connectivity index is 3.02. The Labute approximate surface area is 76.5 Å². The van der Waals surface area contributed by atoms with Crippen LogP contribution in [0.25, 0.3) is 10.4 Å². The molecule has 0 saturated heterocycles.